The third-order valence-corrected chi connectivity index (χ3v) is 6.12. The van der Waals surface area contributed by atoms with Gasteiger partial charge in [0.1, 0.15) is 31.0 Å². The maximum absolute atomic E-state index is 14.3. The molecule has 11 heteroatoms. The van der Waals surface area contributed by atoms with E-state index in [1.807, 2.05) is 6.07 Å². The molecule has 1 aromatic carbocycles. The van der Waals surface area contributed by atoms with E-state index in [2.05, 4.69) is 5.32 Å². The number of ketones is 1. The Morgan fingerprint density at radius 3 is 2.24 bits per heavy atom. The van der Waals surface area contributed by atoms with Crippen LogP contribution in [-0.4, -0.2) is 60.0 Å². The fourth-order valence-corrected chi connectivity index (χ4v) is 4.67. The summed E-state index contributed by atoms with van der Waals surface area (Å²) in [5, 5.41) is 2.88. The monoisotopic (exact) mass is 540 g/mol. The lowest BCUT2D eigenvalue weighted by molar-refractivity contribution is -0.139. The van der Waals surface area contributed by atoms with Crippen LogP contribution >= 0.6 is 54.0 Å². The molecule has 4 rings (SSSR count). The lowest BCUT2D eigenvalue weighted by atomic mass is 9.83. The van der Waals surface area contributed by atoms with Crippen molar-refractivity contribution in [3.8, 4) is 0 Å². The average Bonchev–Trinajstić information content (AvgIpc) is 3.27. The lowest BCUT2D eigenvalue weighted by Gasteiger charge is -2.34. The van der Waals surface area contributed by atoms with Gasteiger partial charge in [-0.3, -0.25) is 14.4 Å². The number of carbonyl (C=O) groups is 3. The zero-order valence-corrected chi connectivity index (χ0v) is 21.7. The number of Topliss-reactive ketones (excluding diaryl/α,β-unsaturated/α-hetero) is 1. The van der Waals surface area contributed by atoms with Gasteiger partial charge in [0.2, 0.25) is 5.91 Å². The first-order valence-corrected chi connectivity index (χ1v) is 10.0. The molecule has 2 amide bonds. The van der Waals surface area contributed by atoms with Crippen molar-refractivity contribution >= 4 is 71.6 Å². The van der Waals surface area contributed by atoms with Gasteiger partial charge in [-0.05, 0) is 30.9 Å². The summed E-state index contributed by atoms with van der Waals surface area (Å²) in [4.78, 5) is 39.6. The predicted octanol–water partition coefficient (Wildman–Crippen LogP) is 2.97. The van der Waals surface area contributed by atoms with Crippen molar-refractivity contribution in [3.63, 3.8) is 0 Å². The second-order valence-corrected chi connectivity index (χ2v) is 7.91. The predicted molar refractivity (Wildman–Crippen MR) is 148 cm³/mol. The average molecular weight is 541 g/mol. The Balaban J connectivity index is 0. The third-order valence-electron chi connectivity index (χ3n) is 6.12. The molecule has 2 heterocycles. The van der Waals surface area contributed by atoms with Crippen molar-refractivity contribution in [2.75, 3.05) is 13.2 Å². The van der Waals surface area contributed by atoms with Crippen LogP contribution in [0.25, 0.3) is 0 Å². The van der Waals surface area contributed by atoms with Gasteiger partial charge in [-0.25, -0.2) is 4.39 Å². The molecule has 2 aliphatic heterocycles. The zero-order valence-electron chi connectivity index (χ0n) is 17.7. The summed E-state index contributed by atoms with van der Waals surface area (Å²) in [5.74, 6) is -0.977. The van der Waals surface area contributed by atoms with Crippen LogP contribution in [0.3, 0.4) is 0 Å². The molecule has 0 unspecified atom stereocenters. The van der Waals surface area contributed by atoms with Gasteiger partial charge in [0.05, 0.1) is 6.54 Å². The highest BCUT2D eigenvalue weighted by Gasteiger charge is 2.54. The molecule has 0 radical (unpaired) electrons. The number of hydrogen-bond donors (Lipinski definition) is 1. The summed E-state index contributed by atoms with van der Waals surface area (Å²) in [6, 6.07) is 7.09. The number of halogens is 1. The Morgan fingerprint density at radius 1 is 1.03 bits per heavy atom. The van der Waals surface area contributed by atoms with Crippen LogP contribution in [0.1, 0.15) is 49.9 Å². The Hall–Kier alpha value is -0.880. The molecule has 1 aromatic rings. The SMILES string of the molecule is C.O=C(N[C@H](C(=O)N1C[C@H](F)[C@H]2OCC(=O)[C@H]21)C1CCCCC1)c1ccccc1.S.S.S.S. The highest BCUT2D eigenvalue weighted by molar-refractivity contribution is 7.59. The van der Waals surface area contributed by atoms with E-state index in [9.17, 15) is 18.8 Å². The number of ether oxygens (including phenoxy) is 1. The molecule has 6 nitrogen and oxygen atoms in total. The number of benzene rings is 1. The van der Waals surface area contributed by atoms with Crippen molar-refractivity contribution < 1.29 is 23.5 Å². The van der Waals surface area contributed by atoms with Crippen LogP contribution in [0.2, 0.25) is 0 Å². The number of carbonyl (C=O) groups excluding carboxylic acids is 3. The molecule has 3 fully saturated rings. The topological polar surface area (TPSA) is 75.7 Å². The van der Waals surface area contributed by atoms with Crippen LogP contribution in [0.5, 0.6) is 0 Å². The molecule has 0 aromatic heterocycles. The van der Waals surface area contributed by atoms with Crippen LogP contribution in [0, 0.1) is 5.92 Å². The number of likely N-dealkylation sites (tertiary alicyclic amines) is 1. The van der Waals surface area contributed by atoms with Gasteiger partial charge in [0.15, 0.2) is 5.78 Å². The summed E-state index contributed by atoms with van der Waals surface area (Å²) >= 11 is 0. The second kappa shape index (κ2) is 15.2. The largest absolute Gasteiger partial charge is 0.365 e. The molecule has 2 saturated heterocycles. The molecule has 1 N–H and O–H groups in total. The molecular weight excluding hydrogens is 504 g/mol. The highest BCUT2D eigenvalue weighted by atomic mass is 32.1. The van der Waals surface area contributed by atoms with Crippen molar-refractivity contribution in [1.82, 2.24) is 10.2 Å². The van der Waals surface area contributed by atoms with E-state index in [1.165, 1.54) is 4.90 Å². The summed E-state index contributed by atoms with van der Waals surface area (Å²) in [7, 11) is 0. The van der Waals surface area contributed by atoms with Gasteiger partial charge in [-0.1, -0.05) is 44.9 Å². The molecule has 190 valence electrons. The van der Waals surface area contributed by atoms with Crippen LogP contribution in [0.4, 0.5) is 4.39 Å². The first kappa shape index (κ1) is 34.3. The quantitative estimate of drug-likeness (QED) is 0.637. The standard InChI is InChI=1S/C21H25FN2O4.CH4.4H2S/c22-15-11-24(18-16(25)12-28-19(15)18)21(27)17(13-7-3-1-4-8-13)23-20(26)14-9-5-2-6-10-14;;;;;/h2,5-6,9-10,13,15,17-19H,1,3-4,7-8,11-12H2,(H,23,26);1H4;4*1H2/t15-,17-,18+,19+;;;;;/m0...../s1. The van der Waals surface area contributed by atoms with Crippen molar-refractivity contribution in [2.45, 2.75) is 63.9 Å². The molecule has 1 aliphatic carbocycles. The first-order valence-electron chi connectivity index (χ1n) is 10.0. The Morgan fingerprint density at radius 2 is 1.64 bits per heavy atom. The van der Waals surface area contributed by atoms with Gasteiger partial charge in [-0.15, -0.1) is 0 Å². The van der Waals surface area contributed by atoms with E-state index in [4.69, 9.17) is 4.74 Å². The molecule has 3 aliphatic rings. The van der Waals surface area contributed by atoms with E-state index in [0.717, 1.165) is 32.1 Å². The third kappa shape index (κ3) is 7.30. The lowest BCUT2D eigenvalue weighted by Crippen LogP contribution is -2.55. The van der Waals surface area contributed by atoms with E-state index < -0.39 is 24.4 Å². The minimum atomic E-state index is -1.38. The van der Waals surface area contributed by atoms with Gasteiger partial charge >= 0.3 is 0 Å². The molecule has 0 bridgehead atoms. The molecule has 4 atom stereocenters. The highest BCUT2D eigenvalue weighted by Crippen LogP contribution is 2.33. The van der Waals surface area contributed by atoms with Gasteiger partial charge in [-0.2, -0.15) is 54.0 Å². The van der Waals surface area contributed by atoms with E-state index in [1.54, 1.807) is 24.3 Å². The van der Waals surface area contributed by atoms with Gasteiger partial charge < -0.3 is 15.0 Å². The molecular formula is C22H37FN2O4S4. The Labute approximate surface area is 223 Å². The van der Waals surface area contributed by atoms with E-state index in [-0.39, 0.29) is 98.1 Å². The van der Waals surface area contributed by atoms with Gasteiger partial charge in [0.25, 0.3) is 5.91 Å². The summed E-state index contributed by atoms with van der Waals surface area (Å²) < 4.78 is 19.6. The number of rotatable bonds is 4. The molecule has 33 heavy (non-hydrogen) atoms. The fourth-order valence-electron chi connectivity index (χ4n) is 4.67. The minimum absolute atomic E-state index is 0. The van der Waals surface area contributed by atoms with E-state index in [0.29, 0.717) is 5.56 Å². The minimum Gasteiger partial charge on any atom is -0.365 e. The number of fused-ring (bicyclic) bond motifs is 1. The maximum Gasteiger partial charge on any atom is 0.251 e. The van der Waals surface area contributed by atoms with Crippen LogP contribution < -0.4 is 5.32 Å². The number of alkyl halides is 1. The number of nitrogens with zero attached hydrogens (tertiary/aromatic N) is 1. The van der Waals surface area contributed by atoms with Crippen molar-refractivity contribution in [1.29, 1.82) is 0 Å². The summed E-state index contributed by atoms with van der Waals surface area (Å²) in [6.45, 7) is -0.325. The molecule has 0 spiro atoms. The number of nitrogens with one attached hydrogen (secondary N) is 1. The fraction of sp³-hybridized carbons (Fsp3) is 0.591. The smallest absolute Gasteiger partial charge is 0.251 e. The Bertz CT molecular complexity index is 768. The number of amides is 2. The van der Waals surface area contributed by atoms with Crippen molar-refractivity contribution in [2.24, 2.45) is 5.92 Å². The normalized spacial score (nSPS) is 24.5. The first-order chi connectivity index (χ1) is 13.6. The van der Waals surface area contributed by atoms with Crippen LogP contribution in [-0.2, 0) is 14.3 Å². The van der Waals surface area contributed by atoms with Gasteiger partial charge in [0, 0.05) is 5.56 Å². The maximum atomic E-state index is 14.3. The van der Waals surface area contributed by atoms with Crippen LogP contribution in [0.15, 0.2) is 30.3 Å². The molecule has 1 saturated carbocycles. The number of hydrogen-bond acceptors (Lipinski definition) is 4. The van der Waals surface area contributed by atoms with E-state index >= 15 is 0 Å². The second-order valence-electron chi connectivity index (χ2n) is 7.91. The summed E-state index contributed by atoms with van der Waals surface area (Å²) in [5.41, 5.74) is 0.471. The Kier molecular flexibility index (Phi) is 15.8. The summed E-state index contributed by atoms with van der Waals surface area (Å²) in [6.07, 6.45) is 2.50. The zero-order chi connectivity index (χ0) is 19.7. The van der Waals surface area contributed by atoms with Crippen molar-refractivity contribution in [3.05, 3.63) is 35.9 Å².